The summed E-state index contributed by atoms with van der Waals surface area (Å²) in [7, 11) is 8.30. The van der Waals surface area contributed by atoms with Gasteiger partial charge in [-0.15, -0.1) is 0 Å². The van der Waals surface area contributed by atoms with E-state index in [1.807, 2.05) is 24.3 Å². The molecule has 0 atom stereocenters. The molecular formula is C25H35ClN8O. The number of nitrogens with two attached hydrogens (primary N) is 1. The lowest BCUT2D eigenvalue weighted by molar-refractivity contribution is 0.388. The van der Waals surface area contributed by atoms with E-state index in [9.17, 15) is 0 Å². The molecule has 2 aromatic carbocycles. The SMILES string of the molecule is CN(C)CCCN(CCCN(C)C)c1nc(Nc2ccc(N)cc2)nc(Oc2ccc(Cl)cc2)n1. The molecule has 0 saturated heterocycles. The highest BCUT2D eigenvalue weighted by atomic mass is 35.5. The lowest BCUT2D eigenvalue weighted by Gasteiger charge is -2.25. The van der Waals surface area contributed by atoms with Crippen LogP contribution in [0.25, 0.3) is 0 Å². The van der Waals surface area contributed by atoms with Crippen LogP contribution in [-0.4, -0.2) is 79.1 Å². The van der Waals surface area contributed by atoms with Gasteiger partial charge in [0.1, 0.15) is 5.75 Å². The molecular weight excluding hydrogens is 464 g/mol. The third kappa shape index (κ3) is 9.20. The van der Waals surface area contributed by atoms with E-state index in [0.29, 0.717) is 28.4 Å². The van der Waals surface area contributed by atoms with Crippen molar-refractivity contribution < 1.29 is 4.74 Å². The Kier molecular flexibility index (Phi) is 9.89. The van der Waals surface area contributed by atoms with Gasteiger partial charge in [0.15, 0.2) is 0 Å². The number of nitrogens with zero attached hydrogens (tertiary/aromatic N) is 6. The molecule has 35 heavy (non-hydrogen) atoms. The summed E-state index contributed by atoms with van der Waals surface area (Å²) in [6.07, 6.45) is 1.96. The van der Waals surface area contributed by atoms with Gasteiger partial charge >= 0.3 is 6.01 Å². The molecule has 3 aromatic rings. The maximum Gasteiger partial charge on any atom is 0.328 e. The number of rotatable bonds is 13. The largest absolute Gasteiger partial charge is 0.424 e. The van der Waals surface area contributed by atoms with E-state index in [-0.39, 0.29) is 6.01 Å². The Morgan fingerprint density at radius 2 is 1.40 bits per heavy atom. The molecule has 0 fully saturated rings. The number of anilines is 4. The summed E-state index contributed by atoms with van der Waals surface area (Å²) in [6, 6.07) is 14.7. The minimum Gasteiger partial charge on any atom is -0.424 e. The lowest BCUT2D eigenvalue weighted by atomic mass is 10.3. The van der Waals surface area contributed by atoms with Crippen LogP contribution in [0.3, 0.4) is 0 Å². The van der Waals surface area contributed by atoms with Crippen LogP contribution in [0.1, 0.15) is 12.8 Å². The van der Waals surface area contributed by atoms with Crippen LogP contribution < -0.4 is 20.7 Å². The van der Waals surface area contributed by atoms with Crippen molar-refractivity contribution in [3.05, 3.63) is 53.6 Å². The number of benzene rings is 2. The molecule has 0 unspecified atom stereocenters. The first-order valence-electron chi connectivity index (χ1n) is 11.6. The quantitative estimate of drug-likeness (QED) is 0.333. The average molecular weight is 499 g/mol. The van der Waals surface area contributed by atoms with Crippen molar-refractivity contribution >= 4 is 34.9 Å². The van der Waals surface area contributed by atoms with Crippen LogP contribution in [-0.2, 0) is 0 Å². The van der Waals surface area contributed by atoms with Gasteiger partial charge in [-0.05, 0) is 103 Å². The van der Waals surface area contributed by atoms with E-state index in [1.165, 1.54) is 0 Å². The molecule has 0 aliphatic heterocycles. The fraction of sp³-hybridized carbons (Fsp3) is 0.400. The van der Waals surface area contributed by atoms with Crippen molar-refractivity contribution in [3.63, 3.8) is 0 Å². The summed E-state index contributed by atoms with van der Waals surface area (Å²) >= 11 is 6.02. The molecule has 0 aliphatic carbocycles. The molecule has 9 nitrogen and oxygen atoms in total. The standard InChI is InChI=1S/C25H35ClN8O/c1-32(2)15-5-17-34(18-6-16-33(3)4)24-29-23(28-21-11-9-20(27)10-12-21)30-25(31-24)35-22-13-7-19(26)8-14-22/h7-14H,5-6,15-18,27H2,1-4H3,(H,28,29,30,31). The number of hydrogen-bond donors (Lipinski definition) is 2. The van der Waals surface area contributed by atoms with Gasteiger partial charge in [-0.2, -0.15) is 15.0 Å². The zero-order valence-corrected chi connectivity index (χ0v) is 21.7. The molecule has 188 valence electrons. The zero-order valence-electron chi connectivity index (χ0n) is 20.9. The maximum atomic E-state index is 6.02. The Labute approximate surface area is 212 Å². The second kappa shape index (κ2) is 13.1. The minimum absolute atomic E-state index is 0.209. The summed E-state index contributed by atoms with van der Waals surface area (Å²) in [4.78, 5) is 20.4. The summed E-state index contributed by atoms with van der Waals surface area (Å²) in [5.74, 6) is 1.56. The highest BCUT2D eigenvalue weighted by Gasteiger charge is 2.16. The van der Waals surface area contributed by atoms with E-state index in [1.54, 1.807) is 24.3 Å². The maximum absolute atomic E-state index is 6.02. The van der Waals surface area contributed by atoms with E-state index in [0.717, 1.165) is 44.7 Å². The Morgan fingerprint density at radius 1 is 0.800 bits per heavy atom. The Bertz CT molecular complexity index is 965. The van der Waals surface area contributed by atoms with E-state index in [2.05, 4.69) is 58.2 Å². The van der Waals surface area contributed by atoms with E-state index in [4.69, 9.17) is 27.1 Å². The van der Waals surface area contributed by atoms with Crippen LogP contribution in [0.4, 0.5) is 23.3 Å². The summed E-state index contributed by atoms with van der Waals surface area (Å²) in [5, 5.41) is 3.88. The Hall–Kier alpha value is -3.14. The molecule has 10 heteroatoms. The first kappa shape index (κ1) is 26.5. The molecule has 0 radical (unpaired) electrons. The fourth-order valence-corrected chi connectivity index (χ4v) is 3.49. The van der Waals surface area contributed by atoms with Crippen LogP contribution >= 0.6 is 11.6 Å². The van der Waals surface area contributed by atoms with Gasteiger partial charge in [-0.1, -0.05) is 11.6 Å². The van der Waals surface area contributed by atoms with Gasteiger partial charge in [0.2, 0.25) is 11.9 Å². The van der Waals surface area contributed by atoms with Gasteiger partial charge in [-0.3, -0.25) is 0 Å². The van der Waals surface area contributed by atoms with Crippen LogP contribution in [0, 0.1) is 0 Å². The molecule has 0 amide bonds. The first-order valence-corrected chi connectivity index (χ1v) is 12.0. The Balaban J connectivity index is 1.90. The minimum atomic E-state index is 0.209. The number of halogens is 1. The van der Waals surface area contributed by atoms with Crippen LogP contribution in [0.2, 0.25) is 5.02 Å². The Morgan fingerprint density at radius 3 is 1.97 bits per heavy atom. The number of nitrogens with one attached hydrogen (secondary N) is 1. The summed E-state index contributed by atoms with van der Waals surface area (Å²) in [5.41, 5.74) is 7.33. The van der Waals surface area contributed by atoms with E-state index < -0.39 is 0 Å². The number of aromatic nitrogens is 3. The van der Waals surface area contributed by atoms with Crippen LogP contribution in [0.5, 0.6) is 11.8 Å². The normalized spacial score (nSPS) is 11.2. The third-order valence-corrected chi connectivity index (χ3v) is 5.39. The smallest absolute Gasteiger partial charge is 0.328 e. The molecule has 0 spiro atoms. The van der Waals surface area contributed by atoms with Gasteiger partial charge in [-0.25, -0.2) is 0 Å². The third-order valence-electron chi connectivity index (χ3n) is 5.14. The van der Waals surface area contributed by atoms with Gasteiger partial charge < -0.3 is 30.5 Å². The lowest BCUT2D eigenvalue weighted by Crippen LogP contribution is -2.31. The average Bonchev–Trinajstić information content (AvgIpc) is 2.80. The second-order valence-corrected chi connectivity index (χ2v) is 9.28. The molecule has 3 rings (SSSR count). The van der Waals surface area contributed by atoms with Crippen molar-refractivity contribution in [1.29, 1.82) is 0 Å². The van der Waals surface area contributed by atoms with Crippen molar-refractivity contribution in [2.24, 2.45) is 0 Å². The molecule has 1 aromatic heterocycles. The van der Waals surface area contributed by atoms with Gasteiger partial charge in [0, 0.05) is 29.5 Å². The highest BCUT2D eigenvalue weighted by molar-refractivity contribution is 6.30. The number of ether oxygens (including phenoxy) is 1. The van der Waals surface area contributed by atoms with Crippen molar-refractivity contribution in [2.75, 3.05) is 70.3 Å². The van der Waals surface area contributed by atoms with E-state index >= 15 is 0 Å². The summed E-state index contributed by atoms with van der Waals surface area (Å²) in [6.45, 7) is 3.58. The summed E-state index contributed by atoms with van der Waals surface area (Å²) < 4.78 is 5.98. The highest BCUT2D eigenvalue weighted by Crippen LogP contribution is 2.25. The van der Waals surface area contributed by atoms with Crippen LogP contribution in [0.15, 0.2) is 48.5 Å². The monoisotopic (exact) mass is 498 g/mol. The van der Waals surface area contributed by atoms with Crippen molar-refractivity contribution in [3.8, 4) is 11.8 Å². The van der Waals surface area contributed by atoms with Crippen molar-refractivity contribution in [1.82, 2.24) is 24.8 Å². The molecule has 0 aliphatic rings. The first-order chi connectivity index (χ1) is 16.8. The number of nitrogen functional groups attached to an aromatic ring is 1. The molecule has 0 bridgehead atoms. The molecule has 3 N–H and O–H groups in total. The topological polar surface area (TPSA) is 95.7 Å². The predicted molar refractivity (Wildman–Crippen MR) is 144 cm³/mol. The van der Waals surface area contributed by atoms with Gasteiger partial charge in [0.25, 0.3) is 0 Å². The number of hydrogen-bond acceptors (Lipinski definition) is 9. The predicted octanol–water partition coefficient (Wildman–Crippen LogP) is 4.35. The van der Waals surface area contributed by atoms with Crippen molar-refractivity contribution in [2.45, 2.75) is 12.8 Å². The molecule has 0 saturated carbocycles. The zero-order chi connectivity index (χ0) is 25.2. The van der Waals surface area contributed by atoms with Gasteiger partial charge in [0.05, 0.1) is 0 Å². The molecule has 1 heterocycles. The second-order valence-electron chi connectivity index (χ2n) is 8.85. The fourth-order valence-electron chi connectivity index (χ4n) is 3.36.